The number of hydrogen-bond acceptors (Lipinski definition) is 5. The van der Waals surface area contributed by atoms with Crippen LogP contribution in [-0.2, 0) is 21.2 Å². The van der Waals surface area contributed by atoms with Crippen molar-refractivity contribution in [1.29, 1.82) is 0 Å². The summed E-state index contributed by atoms with van der Waals surface area (Å²) in [4.78, 5) is 16.3. The average molecular weight is 459 g/mol. The van der Waals surface area contributed by atoms with Gasteiger partial charge in [0.15, 0.2) is 9.84 Å². The molecule has 0 saturated heterocycles. The van der Waals surface area contributed by atoms with Gasteiger partial charge in [-0.05, 0) is 44.2 Å². The van der Waals surface area contributed by atoms with Crippen LogP contribution in [0.2, 0.25) is 0 Å². The van der Waals surface area contributed by atoms with E-state index in [1.165, 1.54) is 52.4 Å². The molecule has 0 aliphatic carbocycles. The monoisotopic (exact) mass is 458 g/mol. The molecule has 0 aliphatic heterocycles. The minimum atomic E-state index is -3.95. The highest BCUT2D eigenvalue weighted by molar-refractivity contribution is 7.92. The van der Waals surface area contributed by atoms with Gasteiger partial charge in [0, 0.05) is 33.2 Å². The van der Waals surface area contributed by atoms with E-state index in [9.17, 15) is 22.7 Å². The van der Waals surface area contributed by atoms with Gasteiger partial charge in [-0.1, -0.05) is 18.2 Å². The lowest BCUT2D eigenvalue weighted by Gasteiger charge is -2.18. The van der Waals surface area contributed by atoms with E-state index in [-0.39, 0.29) is 11.4 Å². The van der Waals surface area contributed by atoms with Crippen molar-refractivity contribution < 1.29 is 22.7 Å². The SMILES string of the molecule is Cc1ncc(C(c2c(C)n(CC(=O)O)c3ccc(F)cc23)S(=O)(=O)c2ccccc2)s1. The van der Waals surface area contributed by atoms with Crippen LogP contribution in [0, 0.1) is 19.7 Å². The third kappa shape index (κ3) is 3.75. The fourth-order valence-electron chi connectivity index (χ4n) is 3.85. The molecule has 1 atom stereocenters. The van der Waals surface area contributed by atoms with Crippen LogP contribution < -0.4 is 0 Å². The van der Waals surface area contributed by atoms with Gasteiger partial charge in [-0.2, -0.15) is 0 Å². The van der Waals surface area contributed by atoms with Crippen molar-refractivity contribution in [2.75, 3.05) is 0 Å². The van der Waals surface area contributed by atoms with Gasteiger partial charge in [0.2, 0.25) is 0 Å². The summed E-state index contributed by atoms with van der Waals surface area (Å²) < 4.78 is 43.4. The molecule has 0 bridgehead atoms. The lowest BCUT2D eigenvalue weighted by Crippen LogP contribution is -2.16. The van der Waals surface area contributed by atoms with Crippen LogP contribution >= 0.6 is 11.3 Å². The normalized spacial score (nSPS) is 12.9. The molecule has 31 heavy (non-hydrogen) atoms. The number of thiazole rings is 1. The molecule has 160 valence electrons. The predicted octanol–water partition coefficient (Wildman–Crippen LogP) is 4.50. The molecule has 0 radical (unpaired) electrons. The van der Waals surface area contributed by atoms with Gasteiger partial charge < -0.3 is 9.67 Å². The van der Waals surface area contributed by atoms with Crippen LogP contribution in [0.3, 0.4) is 0 Å². The third-order valence-electron chi connectivity index (χ3n) is 5.17. The van der Waals surface area contributed by atoms with Gasteiger partial charge in [-0.3, -0.25) is 4.79 Å². The lowest BCUT2D eigenvalue weighted by molar-refractivity contribution is -0.137. The zero-order valence-electron chi connectivity index (χ0n) is 16.7. The quantitative estimate of drug-likeness (QED) is 0.459. The highest BCUT2D eigenvalue weighted by atomic mass is 32.2. The van der Waals surface area contributed by atoms with Crippen molar-refractivity contribution in [3.63, 3.8) is 0 Å². The summed E-state index contributed by atoms with van der Waals surface area (Å²) in [6.07, 6.45) is 1.52. The van der Waals surface area contributed by atoms with Crippen LogP contribution in [-0.4, -0.2) is 29.0 Å². The Balaban J connectivity index is 2.08. The summed E-state index contributed by atoms with van der Waals surface area (Å²) in [5.41, 5.74) is 1.28. The molecule has 0 spiro atoms. The first-order valence-corrected chi connectivity index (χ1v) is 11.8. The van der Waals surface area contributed by atoms with Gasteiger partial charge in [-0.15, -0.1) is 11.3 Å². The second kappa shape index (κ2) is 7.90. The molecule has 0 fully saturated rings. The number of nitrogens with zero attached hydrogens (tertiary/aromatic N) is 2. The molecular weight excluding hydrogens is 439 g/mol. The smallest absolute Gasteiger partial charge is 0.323 e. The highest BCUT2D eigenvalue weighted by Gasteiger charge is 2.36. The number of carboxylic acid groups (broad SMARTS) is 1. The van der Waals surface area contributed by atoms with Crippen LogP contribution in [0.1, 0.15) is 26.4 Å². The van der Waals surface area contributed by atoms with E-state index in [4.69, 9.17) is 0 Å². The molecular formula is C22H19FN2O4S2. The summed E-state index contributed by atoms with van der Waals surface area (Å²) in [6, 6.07) is 12.0. The maximum atomic E-state index is 14.2. The summed E-state index contributed by atoms with van der Waals surface area (Å²) in [5, 5.41) is 9.30. The molecule has 2 aromatic carbocycles. The first-order valence-electron chi connectivity index (χ1n) is 9.41. The Kier molecular flexibility index (Phi) is 5.40. The van der Waals surface area contributed by atoms with Gasteiger partial charge in [-0.25, -0.2) is 17.8 Å². The molecule has 9 heteroatoms. The molecule has 4 aromatic rings. The van der Waals surface area contributed by atoms with E-state index in [1.54, 1.807) is 32.0 Å². The highest BCUT2D eigenvalue weighted by Crippen LogP contribution is 2.43. The summed E-state index contributed by atoms with van der Waals surface area (Å²) >= 11 is 1.25. The van der Waals surface area contributed by atoms with Crippen molar-refractivity contribution in [3.05, 3.63) is 81.7 Å². The van der Waals surface area contributed by atoms with Crippen LogP contribution in [0.4, 0.5) is 4.39 Å². The number of halogens is 1. The zero-order valence-corrected chi connectivity index (χ0v) is 18.4. The Morgan fingerprint density at radius 2 is 1.90 bits per heavy atom. The van der Waals surface area contributed by atoms with Crippen molar-refractivity contribution in [2.24, 2.45) is 0 Å². The molecule has 4 rings (SSSR count). The van der Waals surface area contributed by atoms with E-state index < -0.39 is 26.9 Å². The zero-order chi connectivity index (χ0) is 22.3. The minimum Gasteiger partial charge on any atom is -0.480 e. The maximum absolute atomic E-state index is 14.2. The van der Waals surface area contributed by atoms with Crippen molar-refractivity contribution >= 4 is 38.0 Å². The molecule has 2 heterocycles. The first kappa shape index (κ1) is 21.2. The van der Waals surface area contributed by atoms with Crippen molar-refractivity contribution in [1.82, 2.24) is 9.55 Å². The number of rotatable bonds is 6. The molecule has 0 aliphatic rings. The Bertz CT molecular complexity index is 1390. The van der Waals surface area contributed by atoms with E-state index in [0.29, 0.717) is 32.0 Å². The number of fused-ring (bicyclic) bond motifs is 1. The van der Waals surface area contributed by atoms with Gasteiger partial charge in [0.05, 0.1) is 9.90 Å². The number of aromatic nitrogens is 2. The Morgan fingerprint density at radius 3 is 2.52 bits per heavy atom. The Labute approximate surface area is 182 Å². The van der Waals surface area contributed by atoms with Crippen molar-refractivity contribution in [2.45, 2.75) is 30.5 Å². The average Bonchev–Trinajstić information content (AvgIpc) is 3.25. The number of carboxylic acids is 1. The molecule has 0 saturated carbocycles. The molecule has 0 amide bonds. The van der Waals surface area contributed by atoms with Crippen LogP contribution in [0.15, 0.2) is 59.6 Å². The topological polar surface area (TPSA) is 89.3 Å². The van der Waals surface area contributed by atoms with Crippen molar-refractivity contribution in [3.8, 4) is 0 Å². The van der Waals surface area contributed by atoms with Gasteiger partial charge in [0.1, 0.15) is 17.6 Å². The fourth-order valence-corrected chi connectivity index (χ4v) is 6.93. The van der Waals surface area contributed by atoms with Crippen LogP contribution in [0.25, 0.3) is 10.9 Å². The number of benzene rings is 2. The number of aliphatic carboxylic acids is 1. The van der Waals surface area contributed by atoms with Gasteiger partial charge in [0.25, 0.3) is 0 Å². The number of sulfone groups is 1. The van der Waals surface area contributed by atoms with E-state index in [2.05, 4.69) is 4.98 Å². The largest absolute Gasteiger partial charge is 0.480 e. The Hall–Kier alpha value is -3.04. The number of hydrogen-bond donors (Lipinski definition) is 1. The summed E-state index contributed by atoms with van der Waals surface area (Å²) in [6.45, 7) is 3.08. The molecule has 1 N–H and O–H groups in total. The molecule has 1 unspecified atom stereocenters. The summed E-state index contributed by atoms with van der Waals surface area (Å²) in [7, 11) is -3.95. The van der Waals surface area contributed by atoms with E-state index in [0.717, 1.165) is 0 Å². The van der Waals surface area contributed by atoms with Crippen LogP contribution in [0.5, 0.6) is 0 Å². The summed E-state index contributed by atoms with van der Waals surface area (Å²) in [5.74, 6) is -1.61. The van der Waals surface area contributed by atoms with E-state index >= 15 is 0 Å². The van der Waals surface area contributed by atoms with Gasteiger partial charge >= 0.3 is 5.97 Å². The molecule has 2 aromatic heterocycles. The predicted molar refractivity (Wildman–Crippen MR) is 117 cm³/mol. The molecule has 6 nitrogen and oxygen atoms in total. The Morgan fingerprint density at radius 1 is 1.19 bits per heavy atom. The number of aryl methyl sites for hydroxylation is 1. The second-order valence-electron chi connectivity index (χ2n) is 7.16. The first-order chi connectivity index (χ1) is 14.7. The second-order valence-corrected chi connectivity index (χ2v) is 10.5. The van der Waals surface area contributed by atoms with E-state index in [1.807, 2.05) is 0 Å². The standard InChI is InChI=1S/C22H19FN2O4S2/c1-13-21(17-10-15(23)8-9-18(17)25(13)12-20(26)27)22(19-11-24-14(2)30-19)31(28,29)16-6-4-3-5-7-16/h3-11,22H,12H2,1-2H3,(H,26,27). The maximum Gasteiger partial charge on any atom is 0.323 e. The fraction of sp³-hybridized carbons (Fsp3) is 0.182. The number of carbonyl (C=O) groups is 1. The minimum absolute atomic E-state index is 0.126. The lowest BCUT2D eigenvalue weighted by atomic mass is 10.1. The third-order valence-corrected chi connectivity index (χ3v) is 8.34.